The van der Waals surface area contributed by atoms with E-state index in [2.05, 4.69) is 74.3 Å². The van der Waals surface area contributed by atoms with Gasteiger partial charge in [-0.25, -0.2) is 29.7 Å². The van der Waals surface area contributed by atoms with E-state index in [0.29, 0.717) is 46.3 Å². The summed E-state index contributed by atoms with van der Waals surface area (Å²) >= 11 is 26.5. The Kier molecular flexibility index (Phi) is 29.9. The van der Waals surface area contributed by atoms with E-state index in [0.717, 1.165) is 0 Å². The third kappa shape index (κ3) is 22.2. The van der Waals surface area contributed by atoms with Gasteiger partial charge in [0.25, 0.3) is 0 Å². The number of nitrogens with zero attached hydrogens (tertiary/aromatic N) is 14. The Morgan fingerprint density at radius 1 is 0.342 bits per heavy atom. The molecule has 0 radical (unpaired) electrons. The van der Waals surface area contributed by atoms with Crippen molar-refractivity contribution in [1.82, 2.24) is 49.8 Å². The predicted octanol–water partition coefficient (Wildman–Crippen LogP) is 15.6. The topological polar surface area (TPSA) is 217 Å². The molecule has 0 aliphatic rings. The van der Waals surface area contributed by atoms with Crippen molar-refractivity contribution in [3.05, 3.63) is 230 Å². The van der Waals surface area contributed by atoms with Gasteiger partial charge in [-0.15, -0.1) is 56.4 Å². The van der Waals surface area contributed by atoms with E-state index >= 15 is 0 Å². The molecule has 18 nitrogen and oxygen atoms in total. The summed E-state index contributed by atoms with van der Waals surface area (Å²) in [5.41, 5.74) is 0. The molecule has 0 N–H and O–H groups in total. The number of hydrogen-bond donors (Lipinski definition) is 0. The average Bonchev–Trinajstić information content (AvgIpc) is 3.53. The van der Waals surface area contributed by atoms with Crippen LogP contribution in [0.1, 0.15) is 0 Å². The smallest absolute Gasteiger partial charge is 0.753 e. The molecule has 25 heteroatoms. The van der Waals surface area contributed by atoms with E-state index in [1.54, 1.807) is 34.6 Å². The largest absolute Gasteiger partial charge is 2.00 e. The number of aromatic nitrogens is 10. The number of rotatable bonds is 14. The van der Waals surface area contributed by atoms with Crippen LogP contribution in [0.25, 0.3) is 10.8 Å². The Balaban J connectivity index is 0.000000281. The van der Waals surface area contributed by atoms with Crippen LogP contribution in [0.5, 0.6) is 47.0 Å². The molecule has 0 saturated heterocycles. The Labute approximate surface area is 496 Å². The first-order valence-electron chi connectivity index (χ1n) is 22.3. The van der Waals surface area contributed by atoms with Crippen molar-refractivity contribution in [3.8, 4) is 47.0 Å². The number of benzene rings is 4. The van der Waals surface area contributed by atoms with Crippen LogP contribution in [0.3, 0.4) is 0 Å². The average molecular weight is 1210 g/mol. The number of thiocarbonyl (C=S) groups is 2. The van der Waals surface area contributed by atoms with Crippen LogP contribution in [-0.2, 0) is 17.1 Å². The fourth-order valence-electron chi connectivity index (χ4n) is 6.00. The molecule has 10 rings (SSSR count). The minimum atomic E-state index is 0. The standard InChI is InChI=1S/2C25H18N6O2.2CH2Cl2.2CNS.Fe/c2*1-3-11-19(12-4-1)32-24-28-23(29-25(30-24)33-20-13-5-2-6-14-20)31(21-15-7-9-17-26-21)22-16-8-10-18-27-22;4*2-1-3;/h2*1-18H;2*1H2;;;/q;;;;2*-1;+2. The second-order valence-corrected chi connectivity index (χ2v) is 15.9. The van der Waals surface area contributed by atoms with Crippen LogP contribution in [0.4, 0.5) is 35.2 Å². The van der Waals surface area contributed by atoms with Gasteiger partial charge in [-0.1, -0.05) is 121 Å². The Morgan fingerprint density at radius 3 is 0.709 bits per heavy atom. The molecule has 79 heavy (non-hydrogen) atoms. The van der Waals surface area contributed by atoms with E-state index in [4.69, 9.17) is 76.2 Å². The molecule has 0 saturated carbocycles. The first-order chi connectivity index (χ1) is 38.4. The van der Waals surface area contributed by atoms with Crippen molar-refractivity contribution in [2.45, 2.75) is 0 Å². The monoisotopic (exact) mass is 1210 g/mol. The molecule has 6 heterocycles. The first-order valence-corrected chi connectivity index (χ1v) is 25.3. The molecular formula is C54H40Cl4FeN14O4S2. The van der Waals surface area contributed by atoms with Gasteiger partial charge < -0.3 is 29.8 Å². The van der Waals surface area contributed by atoms with Crippen LogP contribution in [0.2, 0.25) is 0 Å². The maximum atomic E-state index is 7.13. The molecular weight excluding hydrogens is 1170 g/mol. The van der Waals surface area contributed by atoms with E-state index in [9.17, 15) is 0 Å². The third-order valence-corrected chi connectivity index (χ3v) is 8.89. The number of halogens is 4. The number of para-hydroxylation sites is 4. The number of isothiocyanates is 2. The molecule has 6 aromatic heterocycles. The van der Waals surface area contributed by atoms with Gasteiger partial charge in [0.2, 0.25) is 11.9 Å². The van der Waals surface area contributed by atoms with Crippen LogP contribution in [0.15, 0.2) is 219 Å². The van der Waals surface area contributed by atoms with E-state index in [1.165, 1.54) is 10.3 Å². The van der Waals surface area contributed by atoms with Gasteiger partial charge in [-0.3, -0.25) is 0 Å². The van der Waals surface area contributed by atoms with Crippen molar-refractivity contribution in [3.63, 3.8) is 0 Å². The predicted molar refractivity (Wildman–Crippen MR) is 311 cm³/mol. The summed E-state index contributed by atoms with van der Waals surface area (Å²) in [7, 11) is 0. The normalized spacial score (nSPS) is 9.37. The molecule has 398 valence electrons. The molecule has 0 aliphatic carbocycles. The number of pyridine rings is 4. The fourth-order valence-corrected chi connectivity index (χ4v) is 6.00. The molecule has 4 aromatic carbocycles. The van der Waals surface area contributed by atoms with Crippen LogP contribution in [0, 0.1) is 0 Å². The molecule has 10 aromatic rings. The number of ether oxygens (including phenoxy) is 4. The van der Waals surface area contributed by atoms with E-state index in [-0.39, 0.29) is 63.7 Å². The van der Waals surface area contributed by atoms with E-state index in [1.807, 2.05) is 194 Å². The Bertz CT molecular complexity index is 2900. The third-order valence-electron chi connectivity index (χ3n) is 8.89. The van der Waals surface area contributed by atoms with Gasteiger partial charge >= 0.3 is 41.1 Å². The zero-order valence-electron chi connectivity index (χ0n) is 40.8. The number of anilines is 6. The quantitative estimate of drug-likeness (QED) is 0.0428. The molecule has 0 unspecified atom stereocenters. The summed E-state index contributed by atoms with van der Waals surface area (Å²) in [6.45, 7) is 0. The van der Waals surface area contributed by atoms with Crippen molar-refractivity contribution in [2.75, 3.05) is 20.5 Å². The summed E-state index contributed by atoms with van der Waals surface area (Å²) < 4.78 is 23.6. The zero-order chi connectivity index (χ0) is 55.4. The SMILES string of the molecule is ClCCl.ClCCl.[Fe+2].[N-]=C=S.[N-]=C=S.c1ccc(Oc2nc(Oc3ccccc3)nc(N(c3ccccn3)c3ccccn3)n2)cc1.c1ccc(Oc2nc(Oc3ccccc3)nc(N(c3ccccn3)c3ccccn3)n2)cc1. The number of hydrogen-bond acceptors (Lipinski definition) is 18. The Hall–Kier alpha value is -8.42. The minimum Gasteiger partial charge on any atom is -0.753 e. The summed E-state index contributed by atoms with van der Waals surface area (Å²) in [6, 6.07) is 59.6. The maximum absolute atomic E-state index is 7.13. The van der Waals surface area contributed by atoms with Gasteiger partial charge in [0.1, 0.15) is 46.3 Å². The van der Waals surface area contributed by atoms with Crippen LogP contribution >= 0.6 is 70.8 Å². The van der Waals surface area contributed by atoms with Crippen molar-refractivity contribution in [1.29, 1.82) is 0 Å². The summed E-state index contributed by atoms with van der Waals surface area (Å²) in [6.07, 6.45) is 6.76. The summed E-state index contributed by atoms with van der Waals surface area (Å²) in [5, 5.41) is 17.3. The second kappa shape index (κ2) is 37.4. The van der Waals surface area contributed by atoms with Crippen molar-refractivity contribution in [2.24, 2.45) is 0 Å². The summed E-state index contributed by atoms with van der Waals surface area (Å²) in [5.74, 6) is 5.17. The van der Waals surface area contributed by atoms with Crippen LogP contribution < -0.4 is 28.7 Å². The van der Waals surface area contributed by atoms with Gasteiger partial charge in [0.15, 0.2) is 0 Å². The molecule has 0 fully saturated rings. The van der Waals surface area contributed by atoms with Crippen LogP contribution in [-0.4, -0.2) is 70.8 Å². The maximum Gasteiger partial charge on any atom is 2.00 e. The minimum absolute atomic E-state index is 0. The molecule has 0 bridgehead atoms. The van der Waals surface area contributed by atoms with Gasteiger partial charge in [-0.05, 0) is 97.1 Å². The Morgan fingerprint density at radius 2 is 0.532 bits per heavy atom. The molecule has 0 aliphatic heterocycles. The second-order valence-electron chi connectivity index (χ2n) is 13.9. The fraction of sp³-hybridized carbons (Fsp3) is 0.0370. The van der Waals surface area contributed by atoms with Gasteiger partial charge in [0.05, 0.1) is 10.7 Å². The number of alkyl halides is 4. The first kappa shape index (κ1) is 63.1. The molecule has 0 atom stereocenters. The molecule has 0 amide bonds. The zero-order valence-corrected chi connectivity index (χ0v) is 46.5. The van der Waals surface area contributed by atoms with Crippen molar-refractivity contribution < 1.29 is 36.0 Å². The van der Waals surface area contributed by atoms with E-state index < -0.39 is 0 Å². The van der Waals surface area contributed by atoms with Gasteiger partial charge in [0, 0.05) is 24.8 Å². The van der Waals surface area contributed by atoms with Gasteiger partial charge in [-0.2, -0.15) is 30.3 Å². The molecule has 0 spiro atoms. The van der Waals surface area contributed by atoms with Crippen molar-refractivity contribution >= 4 is 116 Å². The summed E-state index contributed by atoms with van der Waals surface area (Å²) in [4.78, 5) is 48.2.